The van der Waals surface area contributed by atoms with E-state index in [0.717, 1.165) is 12.1 Å². The van der Waals surface area contributed by atoms with Gasteiger partial charge in [0.2, 0.25) is 0 Å². The van der Waals surface area contributed by atoms with E-state index < -0.39 is 0 Å². The molecule has 0 bridgehead atoms. The van der Waals surface area contributed by atoms with Gasteiger partial charge in [-0.15, -0.1) is 0 Å². The van der Waals surface area contributed by atoms with E-state index in [0.29, 0.717) is 6.04 Å². The van der Waals surface area contributed by atoms with E-state index in [4.69, 9.17) is 5.73 Å². The fraction of sp³-hybridized carbons (Fsp3) is 0.533. The van der Waals surface area contributed by atoms with Gasteiger partial charge in [-0.05, 0) is 56.6 Å². The number of nitrogens with two attached hydrogens (primary N) is 1. The van der Waals surface area contributed by atoms with E-state index in [1.165, 1.54) is 50.1 Å². The Kier molecular flexibility index (Phi) is 3.42. The van der Waals surface area contributed by atoms with E-state index in [9.17, 15) is 0 Å². The molecule has 2 N–H and O–H groups in total. The molecule has 4 heteroatoms. The molecule has 1 aromatic carbocycles. The van der Waals surface area contributed by atoms with Crippen molar-refractivity contribution in [2.45, 2.75) is 25.3 Å². The largest absolute Gasteiger partial charge is 0.390 e. The molecule has 0 amide bonds. The van der Waals surface area contributed by atoms with Crippen LogP contribution in [0.15, 0.2) is 23.2 Å². The van der Waals surface area contributed by atoms with E-state index >= 15 is 0 Å². The molecule has 0 aromatic heterocycles. The summed E-state index contributed by atoms with van der Waals surface area (Å²) in [5, 5.41) is 0. The number of aryl methyl sites for hydroxylation is 1. The Labute approximate surface area is 114 Å². The summed E-state index contributed by atoms with van der Waals surface area (Å²) in [6.45, 7) is 3.58. The third-order valence-electron chi connectivity index (χ3n) is 4.25. The van der Waals surface area contributed by atoms with Gasteiger partial charge in [0, 0.05) is 24.8 Å². The van der Waals surface area contributed by atoms with Gasteiger partial charge in [0.15, 0.2) is 0 Å². The summed E-state index contributed by atoms with van der Waals surface area (Å²) < 4.78 is 0. The predicted octanol–water partition coefficient (Wildman–Crippen LogP) is 1.76. The van der Waals surface area contributed by atoms with Crippen LogP contribution >= 0.6 is 0 Å². The fourth-order valence-corrected chi connectivity index (χ4v) is 3.32. The maximum absolute atomic E-state index is 5.37. The Hall–Kier alpha value is -1.55. The van der Waals surface area contributed by atoms with Crippen LogP contribution in [0.4, 0.5) is 11.4 Å². The maximum Gasteiger partial charge on any atom is 0.0860 e. The zero-order chi connectivity index (χ0) is 13.2. The summed E-state index contributed by atoms with van der Waals surface area (Å²) in [6, 6.07) is 7.14. The summed E-state index contributed by atoms with van der Waals surface area (Å²) in [4.78, 5) is 9.19. The van der Waals surface area contributed by atoms with Crippen molar-refractivity contribution >= 4 is 17.7 Å². The average Bonchev–Trinajstić information content (AvgIpc) is 2.85. The van der Waals surface area contributed by atoms with Crippen molar-refractivity contribution in [2.24, 2.45) is 10.7 Å². The van der Waals surface area contributed by atoms with Crippen LogP contribution < -0.4 is 10.6 Å². The lowest BCUT2D eigenvalue weighted by Crippen LogP contribution is -2.40. The molecule has 19 heavy (non-hydrogen) atoms. The van der Waals surface area contributed by atoms with Crippen molar-refractivity contribution in [3.63, 3.8) is 0 Å². The summed E-state index contributed by atoms with van der Waals surface area (Å²) in [6.07, 6.45) is 5.04. The van der Waals surface area contributed by atoms with Gasteiger partial charge in [0.05, 0.1) is 12.0 Å². The Morgan fingerprint density at radius 3 is 3.00 bits per heavy atom. The van der Waals surface area contributed by atoms with Gasteiger partial charge in [-0.2, -0.15) is 0 Å². The summed E-state index contributed by atoms with van der Waals surface area (Å²) in [5.41, 5.74) is 9.16. The molecular weight excluding hydrogens is 236 g/mol. The average molecular weight is 258 g/mol. The van der Waals surface area contributed by atoms with Crippen molar-refractivity contribution in [1.29, 1.82) is 0 Å². The summed E-state index contributed by atoms with van der Waals surface area (Å²) >= 11 is 0. The molecule has 0 saturated carbocycles. The van der Waals surface area contributed by atoms with Gasteiger partial charge in [-0.1, -0.05) is 0 Å². The molecule has 3 rings (SSSR count). The first kappa shape index (κ1) is 12.5. The Balaban J connectivity index is 1.87. The minimum atomic E-state index is 0.674. The number of nitrogens with zero attached hydrogens (tertiary/aromatic N) is 3. The fourth-order valence-electron chi connectivity index (χ4n) is 3.32. The maximum atomic E-state index is 5.37. The third-order valence-corrected chi connectivity index (χ3v) is 4.25. The SMILES string of the molecule is CN1CCC(N2CCCc3cc(N=CN)ccc32)C1. The molecule has 102 valence electrons. The molecule has 2 heterocycles. The topological polar surface area (TPSA) is 44.9 Å². The Morgan fingerprint density at radius 1 is 1.37 bits per heavy atom. The summed E-state index contributed by atoms with van der Waals surface area (Å²) in [7, 11) is 2.21. The van der Waals surface area contributed by atoms with E-state index in [1.807, 2.05) is 0 Å². The first-order chi connectivity index (χ1) is 9.28. The van der Waals surface area contributed by atoms with Crippen LogP contribution in [0.1, 0.15) is 18.4 Å². The number of likely N-dealkylation sites (N-methyl/N-ethyl adjacent to an activating group) is 1. The number of fused-ring (bicyclic) bond motifs is 1. The van der Waals surface area contributed by atoms with Crippen molar-refractivity contribution < 1.29 is 0 Å². The number of likely N-dealkylation sites (tertiary alicyclic amines) is 1. The van der Waals surface area contributed by atoms with Gasteiger partial charge in [0.1, 0.15) is 0 Å². The standard InChI is InChI=1S/C15H22N4/c1-18-8-6-14(10-18)19-7-2-3-12-9-13(17-11-16)4-5-15(12)19/h4-5,9,11,14H,2-3,6-8,10H2,1H3,(H2,16,17). The van der Waals surface area contributed by atoms with E-state index in [1.54, 1.807) is 0 Å². The van der Waals surface area contributed by atoms with Gasteiger partial charge in [-0.25, -0.2) is 4.99 Å². The molecule has 1 saturated heterocycles. The van der Waals surface area contributed by atoms with Crippen LogP contribution in [0.25, 0.3) is 0 Å². The zero-order valence-electron chi connectivity index (χ0n) is 11.5. The van der Waals surface area contributed by atoms with Gasteiger partial charge in [-0.3, -0.25) is 0 Å². The van der Waals surface area contributed by atoms with E-state index in [2.05, 4.69) is 40.0 Å². The van der Waals surface area contributed by atoms with Gasteiger partial charge >= 0.3 is 0 Å². The number of rotatable bonds is 2. The van der Waals surface area contributed by atoms with Crippen LogP contribution in [0.3, 0.4) is 0 Å². The molecule has 0 radical (unpaired) electrons. The van der Waals surface area contributed by atoms with Gasteiger partial charge in [0.25, 0.3) is 0 Å². The lowest BCUT2D eigenvalue weighted by atomic mass is 9.99. The molecule has 1 aromatic rings. The quantitative estimate of drug-likeness (QED) is 0.649. The Bertz CT molecular complexity index is 483. The first-order valence-corrected chi connectivity index (χ1v) is 7.10. The minimum Gasteiger partial charge on any atom is -0.390 e. The minimum absolute atomic E-state index is 0.674. The first-order valence-electron chi connectivity index (χ1n) is 7.10. The van der Waals surface area contributed by atoms with Crippen LogP contribution in [0.5, 0.6) is 0 Å². The lowest BCUT2D eigenvalue weighted by Gasteiger charge is -2.36. The monoisotopic (exact) mass is 258 g/mol. The molecule has 0 aliphatic carbocycles. The molecule has 2 aliphatic heterocycles. The molecule has 1 unspecified atom stereocenters. The van der Waals surface area contributed by atoms with Crippen molar-refractivity contribution in [3.8, 4) is 0 Å². The summed E-state index contributed by atoms with van der Waals surface area (Å²) in [5.74, 6) is 0. The smallest absolute Gasteiger partial charge is 0.0860 e. The number of benzene rings is 1. The predicted molar refractivity (Wildman–Crippen MR) is 80.4 cm³/mol. The highest BCUT2D eigenvalue weighted by Crippen LogP contribution is 2.33. The second kappa shape index (κ2) is 5.21. The number of hydrogen-bond donors (Lipinski definition) is 1. The molecule has 4 nitrogen and oxygen atoms in total. The van der Waals surface area contributed by atoms with E-state index in [-0.39, 0.29) is 0 Å². The van der Waals surface area contributed by atoms with Crippen LogP contribution in [-0.2, 0) is 6.42 Å². The third kappa shape index (κ3) is 2.45. The van der Waals surface area contributed by atoms with Gasteiger partial charge < -0.3 is 15.5 Å². The second-order valence-corrected chi connectivity index (χ2v) is 5.59. The van der Waals surface area contributed by atoms with Crippen LogP contribution in [0.2, 0.25) is 0 Å². The highest BCUT2D eigenvalue weighted by molar-refractivity contribution is 5.65. The number of anilines is 1. The van der Waals surface area contributed by atoms with Crippen molar-refractivity contribution in [1.82, 2.24) is 4.90 Å². The van der Waals surface area contributed by atoms with Crippen molar-refractivity contribution in [2.75, 3.05) is 31.6 Å². The zero-order valence-corrected chi connectivity index (χ0v) is 11.5. The molecule has 1 fully saturated rings. The molecule has 1 atom stereocenters. The number of hydrogen-bond acceptors (Lipinski definition) is 3. The molecule has 0 spiro atoms. The van der Waals surface area contributed by atoms with Crippen molar-refractivity contribution in [3.05, 3.63) is 23.8 Å². The molecular formula is C15H22N4. The van der Waals surface area contributed by atoms with Crippen LogP contribution in [-0.4, -0.2) is 44.0 Å². The lowest BCUT2D eigenvalue weighted by molar-refractivity contribution is 0.406. The van der Waals surface area contributed by atoms with Crippen LogP contribution in [0, 0.1) is 0 Å². The highest BCUT2D eigenvalue weighted by atomic mass is 15.2. The normalized spacial score (nSPS) is 24.1. The highest BCUT2D eigenvalue weighted by Gasteiger charge is 2.28. The number of aliphatic imine (C=N–C) groups is 1. The molecule has 2 aliphatic rings. The second-order valence-electron chi connectivity index (χ2n) is 5.59. The Morgan fingerprint density at radius 2 is 2.26 bits per heavy atom.